The highest BCUT2D eigenvalue weighted by molar-refractivity contribution is 5.94. The number of aromatic nitrogens is 2. The number of oxazole rings is 1. The Bertz CT molecular complexity index is 1000. The number of rotatable bonds is 3. The molecule has 0 N–H and O–H groups in total. The minimum atomic E-state index is -0.163. The molecule has 3 heterocycles. The van der Waals surface area contributed by atoms with Gasteiger partial charge in [0.15, 0.2) is 0 Å². The Morgan fingerprint density at radius 3 is 2.77 bits per heavy atom. The Balaban J connectivity index is 1.57. The van der Waals surface area contributed by atoms with Crippen molar-refractivity contribution in [1.82, 2.24) is 14.5 Å². The first-order valence-corrected chi connectivity index (χ1v) is 8.69. The molecule has 0 unspecified atom stereocenters. The Labute approximate surface area is 150 Å². The zero-order valence-corrected chi connectivity index (χ0v) is 14.5. The molecular formula is C20H19N3O3. The molecule has 1 amide bonds. The van der Waals surface area contributed by atoms with Crippen LogP contribution in [0.2, 0.25) is 0 Å². The molecule has 0 spiro atoms. The molecular weight excluding hydrogens is 330 g/mol. The zero-order chi connectivity index (χ0) is 18.1. The van der Waals surface area contributed by atoms with Gasteiger partial charge in [-0.3, -0.25) is 9.59 Å². The number of hydrogen-bond acceptors (Lipinski definition) is 4. The number of nitrogens with zero attached hydrogens (tertiary/aromatic N) is 3. The number of carbonyl (C=O) groups excluding carboxylic acids is 1. The van der Waals surface area contributed by atoms with E-state index in [9.17, 15) is 9.59 Å². The van der Waals surface area contributed by atoms with Crippen LogP contribution in [0.4, 0.5) is 0 Å². The minimum absolute atomic E-state index is 0.153. The minimum Gasteiger partial charge on any atom is -0.441 e. The van der Waals surface area contributed by atoms with E-state index in [1.807, 2.05) is 37.3 Å². The molecule has 2 aromatic heterocycles. The van der Waals surface area contributed by atoms with Gasteiger partial charge in [0.05, 0.1) is 6.54 Å². The molecule has 0 saturated carbocycles. The van der Waals surface area contributed by atoms with Crippen LogP contribution in [0.1, 0.15) is 28.7 Å². The highest BCUT2D eigenvalue weighted by Crippen LogP contribution is 2.26. The molecule has 6 heteroatoms. The lowest BCUT2D eigenvalue weighted by molar-refractivity contribution is 0.0727. The second kappa shape index (κ2) is 6.63. The lowest BCUT2D eigenvalue weighted by Crippen LogP contribution is -2.36. The van der Waals surface area contributed by atoms with Gasteiger partial charge in [-0.05, 0) is 25.1 Å². The molecule has 0 saturated heterocycles. The predicted octanol–water partition coefficient (Wildman–Crippen LogP) is 2.72. The fourth-order valence-corrected chi connectivity index (χ4v) is 3.16. The van der Waals surface area contributed by atoms with Crippen molar-refractivity contribution in [2.75, 3.05) is 6.54 Å². The van der Waals surface area contributed by atoms with E-state index in [1.165, 1.54) is 6.07 Å². The molecule has 0 aliphatic carbocycles. The first-order valence-electron chi connectivity index (χ1n) is 8.69. The molecule has 0 bridgehead atoms. The number of fused-ring (bicyclic) bond motifs is 1. The monoisotopic (exact) mass is 349 g/mol. The molecule has 1 aliphatic rings. The van der Waals surface area contributed by atoms with Crippen LogP contribution in [0.5, 0.6) is 0 Å². The molecule has 4 rings (SSSR count). The van der Waals surface area contributed by atoms with Gasteiger partial charge in [-0.2, -0.15) is 0 Å². The third kappa shape index (κ3) is 2.94. The van der Waals surface area contributed by atoms with E-state index in [1.54, 1.807) is 21.7 Å². The van der Waals surface area contributed by atoms with E-state index in [0.29, 0.717) is 37.5 Å². The summed E-state index contributed by atoms with van der Waals surface area (Å²) in [6, 6.07) is 12.8. The van der Waals surface area contributed by atoms with Crippen LogP contribution >= 0.6 is 0 Å². The number of hydrogen-bond donors (Lipinski definition) is 0. The fourth-order valence-electron chi connectivity index (χ4n) is 3.16. The Morgan fingerprint density at radius 1 is 1.23 bits per heavy atom. The zero-order valence-electron chi connectivity index (χ0n) is 14.5. The number of pyridine rings is 1. The van der Waals surface area contributed by atoms with Crippen molar-refractivity contribution >= 4 is 5.91 Å². The number of carbonyl (C=O) groups is 1. The standard InChI is InChI=1S/C20H19N3O3/c1-2-22-10-8-15(12-18(22)24)20(25)23-11-9-17-16(13-23)21-19(26-17)14-6-4-3-5-7-14/h3-8,10,12H,2,9,11,13H2,1H3. The Morgan fingerprint density at radius 2 is 2.04 bits per heavy atom. The summed E-state index contributed by atoms with van der Waals surface area (Å²) in [6.07, 6.45) is 2.28. The molecule has 0 atom stereocenters. The van der Waals surface area contributed by atoms with Crippen molar-refractivity contribution in [3.63, 3.8) is 0 Å². The maximum Gasteiger partial charge on any atom is 0.254 e. The van der Waals surface area contributed by atoms with Crippen molar-refractivity contribution in [2.24, 2.45) is 0 Å². The second-order valence-corrected chi connectivity index (χ2v) is 6.27. The molecule has 1 aliphatic heterocycles. The third-order valence-corrected chi connectivity index (χ3v) is 4.62. The normalized spacial score (nSPS) is 13.5. The lowest BCUT2D eigenvalue weighted by Gasteiger charge is -2.25. The molecule has 6 nitrogen and oxygen atoms in total. The summed E-state index contributed by atoms with van der Waals surface area (Å²) in [4.78, 5) is 31.0. The Kier molecular flexibility index (Phi) is 4.16. The van der Waals surface area contributed by atoms with Gasteiger partial charge in [0, 0.05) is 42.9 Å². The molecule has 0 radical (unpaired) electrons. The predicted molar refractivity (Wildman–Crippen MR) is 96.8 cm³/mol. The first kappa shape index (κ1) is 16.3. The van der Waals surface area contributed by atoms with Gasteiger partial charge in [0.1, 0.15) is 11.5 Å². The number of amides is 1. The molecule has 1 aromatic carbocycles. The topological polar surface area (TPSA) is 68.3 Å². The van der Waals surface area contributed by atoms with Gasteiger partial charge in [0.2, 0.25) is 5.89 Å². The van der Waals surface area contributed by atoms with Gasteiger partial charge >= 0.3 is 0 Å². The van der Waals surface area contributed by atoms with Gasteiger partial charge in [-0.15, -0.1) is 0 Å². The van der Waals surface area contributed by atoms with Crippen molar-refractivity contribution in [3.8, 4) is 11.5 Å². The summed E-state index contributed by atoms with van der Waals surface area (Å²) in [5, 5.41) is 0. The van der Waals surface area contributed by atoms with E-state index >= 15 is 0 Å². The summed E-state index contributed by atoms with van der Waals surface area (Å²) in [5.74, 6) is 1.25. The summed E-state index contributed by atoms with van der Waals surface area (Å²) in [6.45, 7) is 3.42. The highest BCUT2D eigenvalue weighted by Gasteiger charge is 2.26. The summed E-state index contributed by atoms with van der Waals surface area (Å²) in [5.41, 5.74) is 1.95. The van der Waals surface area contributed by atoms with Crippen LogP contribution in [0.25, 0.3) is 11.5 Å². The van der Waals surface area contributed by atoms with Crippen LogP contribution < -0.4 is 5.56 Å². The lowest BCUT2D eigenvalue weighted by atomic mass is 10.1. The third-order valence-electron chi connectivity index (χ3n) is 4.62. The largest absolute Gasteiger partial charge is 0.441 e. The summed E-state index contributed by atoms with van der Waals surface area (Å²) >= 11 is 0. The molecule has 3 aromatic rings. The van der Waals surface area contributed by atoms with Crippen LogP contribution in [-0.2, 0) is 19.5 Å². The number of aryl methyl sites for hydroxylation is 1. The Hall–Kier alpha value is -3.15. The highest BCUT2D eigenvalue weighted by atomic mass is 16.4. The van der Waals surface area contributed by atoms with Crippen molar-refractivity contribution in [2.45, 2.75) is 26.4 Å². The van der Waals surface area contributed by atoms with Gasteiger partial charge in [-0.1, -0.05) is 18.2 Å². The maximum absolute atomic E-state index is 12.8. The van der Waals surface area contributed by atoms with Gasteiger partial charge in [0.25, 0.3) is 11.5 Å². The van der Waals surface area contributed by atoms with Crippen molar-refractivity contribution in [3.05, 3.63) is 76.0 Å². The first-order chi connectivity index (χ1) is 12.7. The summed E-state index contributed by atoms with van der Waals surface area (Å²) in [7, 11) is 0. The van der Waals surface area contributed by atoms with Crippen LogP contribution in [-0.4, -0.2) is 26.9 Å². The molecule has 26 heavy (non-hydrogen) atoms. The second-order valence-electron chi connectivity index (χ2n) is 6.27. The van der Waals surface area contributed by atoms with E-state index in [4.69, 9.17) is 4.42 Å². The maximum atomic E-state index is 12.8. The van der Waals surface area contributed by atoms with Gasteiger partial charge < -0.3 is 13.9 Å². The molecule has 132 valence electrons. The van der Waals surface area contributed by atoms with Crippen LogP contribution in [0, 0.1) is 0 Å². The van der Waals surface area contributed by atoms with Crippen LogP contribution in [0.15, 0.2) is 57.9 Å². The smallest absolute Gasteiger partial charge is 0.254 e. The van der Waals surface area contributed by atoms with Crippen molar-refractivity contribution in [1.29, 1.82) is 0 Å². The average molecular weight is 349 g/mol. The van der Waals surface area contributed by atoms with Gasteiger partial charge in [-0.25, -0.2) is 4.98 Å². The van der Waals surface area contributed by atoms with E-state index in [2.05, 4.69) is 4.98 Å². The number of benzene rings is 1. The molecule has 0 fully saturated rings. The summed E-state index contributed by atoms with van der Waals surface area (Å²) < 4.78 is 7.44. The quantitative estimate of drug-likeness (QED) is 0.729. The van der Waals surface area contributed by atoms with Crippen LogP contribution in [0.3, 0.4) is 0 Å². The SMILES string of the molecule is CCn1ccc(C(=O)N2CCc3oc(-c4ccccc4)nc3C2)cc1=O. The average Bonchev–Trinajstić information content (AvgIpc) is 3.11. The van der Waals surface area contributed by atoms with Crippen molar-refractivity contribution < 1.29 is 9.21 Å². The van der Waals surface area contributed by atoms with E-state index < -0.39 is 0 Å². The van der Waals surface area contributed by atoms with E-state index in [0.717, 1.165) is 17.0 Å². The fraction of sp³-hybridized carbons (Fsp3) is 0.250. The van der Waals surface area contributed by atoms with E-state index in [-0.39, 0.29) is 11.5 Å².